The molecule has 0 amide bonds. The van der Waals surface area contributed by atoms with Crippen LogP contribution in [0, 0.1) is 0 Å². The van der Waals surface area contributed by atoms with Crippen LogP contribution in [0.25, 0.3) is 0 Å². The van der Waals surface area contributed by atoms with E-state index in [1.165, 1.54) is 0 Å². The molecule has 0 heterocycles. The SMILES string of the molecule is C=CC(=O)OOCOCC. The fourth-order valence-electron chi connectivity index (χ4n) is 0.234. The van der Waals surface area contributed by atoms with Crippen molar-refractivity contribution in [1.29, 1.82) is 0 Å². The van der Waals surface area contributed by atoms with Crippen molar-refractivity contribution >= 4 is 5.97 Å². The molecule has 0 bridgehead atoms. The maximum Gasteiger partial charge on any atom is 0.365 e. The zero-order chi connectivity index (χ0) is 7.82. The molecule has 58 valence electrons. The highest BCUT2D eigenvalue weighted by atomic mass is 17.2. The zero-order valence-electron chi connectivity index (χ0n) is 5.83. The van der Waals surface area contributed by atoms with Crippen molar-refractivity contribution in [2.45, 2.75) is 6.92 Å². The van der Waals surface area contributed by atoms with E-state index < -0.39 is 5.97 Å². The Morgan fingerprint density at radius 2 is 2.40 bits per heavy atom. The molecule has 0 rings (SSSR count). The van der Waals surface area contributed by atoms with Crippen molar-refractivity contribution in [3.8, 4) is 0 Å². The summed E-state index contributed by atoms with van der Waals surface area (Å²) in [7, 11) is 0. The molecule has 10 heavy (non-hydrogen) atoms. The predicted octanol–water partition coefficient (Wildman–Crippen LogP) is 0.641. The maximum atomic E-state index is 10.3. The van der Waals surface area contributed by atoms with Crippen LogP contribution in [0.15, 0.2) is 12.7 Å². The second kappa shape index (κ2) is 6.25. The first-order valence-corrected chi connectivity index (χ1v) is 2.84. The summed E-state index contributed by atoms with van der Waals surface area (Å²) in [6.45, 7) is 5.44. The summed E-state index contributed by atoms with van der Waals surface area (Å²) >= 11 is 0. The average Bonchev–Trinajstić information content (AvgIpc) is 1.98. The minimum absolute atomic E-state index is 0.0456. The summed E-state index contributed by atoms with van der Waals surface area (Å²) in [6, 6.07) is 0. The summed E-state index contributed by atoms with van der Waals surface area (Å²) < 4.78 is 4.69. The maximum absolute atomic E-state index is 10.3. The Labute approximate surface area is 59.3 Å². The summed E-state index contributed by atoms with van der Waals surface area (Å²) in [5, 5.41) is 0. The van der Waals surface area contributed by atoms with Crippen molar-refractivity contribution in [3.05, 3.63) is 12.7 Å². The van der Waals surface area contributed by atoms with Crippen LogP contribution in [0.3, 0.4) is 0 Å². The molecule has 0 atom stereocenters. The second-order valence-electron chi connectivity index (χ2n) is 1.33. The van der Waals surface area contributed by atoms with Crippen LogP contribution in [-0.2, 0) is 19.3 Å². The Kier molecular flexibility index (Phi) is 5.71. The van der Waals surface area contributed by atoms with Gasteiger partial charge in [-0.05, 0) is 6.92 Å². The molecule has 0 aliphatic heterocycles. The summed E-state index contributed by atoms with van der Waals surface area (Å²) in [5.74, 6) is -0.625. The molecule has 0 aliphatic rings. The van der Waals surface area contributed by atoms with Gasteiger partial charge in [-0.3, -0.25) is 4.89 Å². The van der Waals surface area contributed by atoms with Crippen LogP contribution in [-0.4, -0.2) is 19.4 Å². The van der Waals surface area contributed by atoms with E-state index in [1.807, 2.05) is 0 Å². The molecule has 4 heteroatoms. The molecule has 0 unspecified atom stereocenters. The van der Waals surface area contributed by atoms with E-state index in [2.05, 4.69) is 16.4 Å². The van der Waals surface area contributed by atoms with Crippen LogP contribution in [0.1, 0.15) is 6.92 Å². The van der Waals surface area contributed by atoms with Gasteiger partial charge in [0.25, 0.3) is 0 Å². The molecular formula is C6H10O4. The molecule has 0 aromatic carbocycles. The van der Waals surface area contributed by atoms with Gasteiger partial charge in [-0.2, -0.15) is 4.89 Å². The van der Waals surface area contributed by atoms with Gasteiger partial charge < -0.3 is 4.74 Å². The third-order valence-electron chi connectivity index (χ3n) is 0.643. The topological polar surface area (TPSA) is 44.8 Å². The van der Waals surface area contributed by atoms with Gasteiger partial charge in [0.2, 0.25) is 0 Å². The lowest BCUT2D eigenvalue weighted by Gasteiger charge is -1.99. The van der Waals surface area contributed by atoms with Gasteiger partial charge in [-0.1, -0.05) is 6.58 Å². The Balaban J connectivity index is 3.03. The van der Waals surface area contributed by atoms with E-state index in [0.29, 0.717) is 6.61 Å². The molecule has 0 radical (unpaired) electrons. The first-order valence-electron chi connectivity index (χ1n) is 2.84. The highest BCUT2D eigenvalue weighted by Gasteiger charge is 1.93. The average molecular weight is 146 g/mol. The van der Waals surface area contributed by atoms with Gasteiger partial charge in [0.05, 0.1) is 0 Å². The zero-order valence-corrected chi connectivity index (χ0v) is 5.83. The van der Waals surface area contributed by atoms with Crippen molar-refractivity contribution in [2.75, 3.05) is 13.4 Å². The monoisotopic (exact) mass is 146 g/mol. The molecule has 4 nitrogen and oxygen atoms in total. The largest absolute Gasteiger partial charge is 0.365 e. The first kappa shape index (κ1) is 9.13. The van der Waals surface area contributed by atoms with Gasteiger partial charge in [-0.25, -0.2) is 4.79 Å². The smallest absolute Gasteiger partial charge is 0.351 e. The van der Waals surface area contributed by atoms with E-state index in [4.69, 9.17) is 4.74 Å². The molecule has 0 N–H and O–H groups in total. The minimum Gasteiger partial charge on any atom is -0.351 e. The van der Waals surface area contributed by atoms with E-state index in [1.54, 1.807) is 6.92 Å². The normalized spacial score (nSPS) is 8.90. The Morgan fingerprint density at radius 1 is 1.70 bits per heavy atom. The molecule has 0 aromatic rings. The van der Waals surface area contributed by atoms with E-state index in [9.17, 15) is 4.79 Å². The van der Waals surface area contributed by atoms with Gasteiger partial charge >= 0.3 is 5.97 Å². The predicted molar refractivity (Wildman–Crippen MR) is 33.9 cm³/mol. The number of hydrogen-bond donors (Lipinski definition) is 0. The lowest BCUT2D eigenvalue weighted by atomic mass is 10.7. The number of rotatable bonds is 5. The van der Waals surface area contributed by atoms with Crippen LogP contribution in [0.2, 0.25) is 0 Å². The van der Waals surface area contributed by atoms with Crippen molar-refractivity contribution in [3.63, 3.8) is 0 Å². The number of carbonyl (C=O) groups excluding carboxylic acids is 1. The van der Waals surface area contributed by atoms with E-state index >= 15 is 0 Å². The number of hydrogen-bond acceptors (Lipinski definition) is 4. The Morgan fingerprint density at radius 3 is 2.90 bits per heavy atom. The number of carbonyl (C=O) groups is 1. The quantitative estimate of drug-likeness (QED) is 0.188. The highest BCUT2D eigenvalue weighted by Crippen LogP contribution is 1.82. The summed E-state index contributed by atoms with van der Waals surface area (Å²) in [5.41, 5.74) is 0. The Bertz CT molecular complexity index is 110. The molecular weight excluding hydrogens is 136 g/mol. The fourth-order valence-corrected chi connectivity index (χ4v) is 0.234. The van der Waals surface area contributed by atoms with Gasteiger partial charge in [-0.15, -0.1) is 0 Å². The molecule has 0 spiro atoms. The minimum atomic E-state index is -0.625. The second-order valence-corrected chi connectivity index (χ2v) is 1.33. The standard InChI is InChI=1S/C6H10O4/c1-3-6(7)10-9-5-8-4-2/h3H,1,4-5H2,2H3. The van der Waals surface area contributed by atoms with E-state index in [-0.39, 0.29) is 6.79 Å². The molecule has 0 fully saturated rings. The summed E-state index contributed by atoms with van der Waals surface area (Å²) in [4.78, 5) is 18.6. The Hall–Kier alpha value is -0.870. The van der Waals surface area contributed by atoms with Crippen LogP contribution >= 0.6 is 0 Å². The third kappa shape index (κ3) is 5.27. The third-order valence-corrected chi connectivity index (χ3v) is 0.643. The molecule has 0 aliphatic carbocycles. The van der Waals surface area contributed by atoms with Gasteiger partial charge in [0.15, 0.2) is 6.79 Å². The lowest BCUT2D eigenvalue weighted by Crippen LogP contribution is -2.05. The van der Waals surface area contributed by atoms with Gasteiger partial charge in [0.1, 0.15) is 0 Å². The van der Waals surface area contributed by atoms with Crippen molar-refractivity contribution < 1.29 is 19.3 Å². The van der Waals surface area contributed by atoms with Crippen LogP contribution in [0.4, 0.5) is 0 Å². The highest BCUT2D eigenvalue weighted by molar-refractivity contribution is 5.80. The van der Waals surface area contributed by atoms with Crippen LogP contribution in [0.5, 0.6) is 0 Å². The lowest BCUT2D eigenvalue weighted by molar-refractivity contribution is -0.306. The van der Waals surface area contributed by atoms with Crippen molar-refractivity contribution in [2.24, 2.45) is 0 Å². The van der Waals surface area contributed by atoms with E-state index in [0.717, 1.165) is 6.08 Å². The molecule has 0 saturated carbocycles. The van der Waals surface area contributed by atoms with Crippen LogP contribution < -0.4 is 0 Å². The van der Waals surface area contributed by atoms with Crippen molar-refractivity contribution in [1.82, 2.24) is 0 Å². The molecule has 0 saturated heterocycles. The first-order chi connectivity index (χ1) is 4.81. The summed E-state index contributed by atoms with van der Waals surface area (Å²) in [6.07, 6.45) is 1.01. The van der Waals surface area contributed by atoms with Gasteiger partial charge in [0, 0.05) is 12.7 Å². The molecule has 0 aromatic heterocycles. The number of ether oxygens (including phenoxy) is 1. The fraction of sp³-hybridized carbons (Fsp3) is 0.500.